The molecule has 2 N–H and O–H groups in total. The predicted molar refractivity (Wildman–Crippen MR) is 146 cm³/mol. The van der Waals surface area contributed by atoms with Gasteiger partial charge in [-0.25, -0.2) is 4.98 Å². The first-order chi connectivity index (χ1) is 17.1. The highest BCUT2D eigenvalue weighted by atomic mass is 127. The monoisotopic (exact) mass is 576 g/mol. The molecule has 1 amide bonds. The number of nitrogens with one attached hydrogen (secondary N) is 2. The Morgan fingerprint density at radius 2 is 1.91 bits per heavy atom. The third kappa shape index (κ3) is 5.24. The first-order valence-electron chi connectivity index (χ1n) is 11.4. The molecule has 5 rings (SSSR count). The van der Waals surface area contributed by atoms with Gasteiger partial charge in [-0.3, -0.25) is 4.79 Å². The lowest BCUT2D eigenvalue weighted by Gasteiger charge is -2.20. The van der Waals surface area contributed by atoms with E-state index in [1.165, 1.54) is 0 Å². The molecular formula is C28H25IN4O2. The van der Waals surface area contributed by atoms with Gasteiger partial charge in [0.1, 0.15) is 11.6 Å². The van der Waals surface area contributed by atoms with Crippen LogP contribution < -0.4 is 10.1 Å². The van der Waals surface area contributed by atoms with Crippen LogP contribution in [0.1, 0.15) is 23.0 Å². The summed E-state index contributed by atoms with van der Waals surface area (Å²) in [7, 11) is 1.64. The molecule has 0 spiro atoms. The minimum Gasteiger partial charge on any atom is -0.497 e. The molecule has 6 nitrogen and oxygen atoms in total. The normalized spacial score (nSPS) is 11.9. The van der Waals surface area contributed by atoms with Gasteiger partial charge in [-0.2, -0.15) is 0 Å². The zero-order chi connectivity index (χ0) is 24.2. The lowest BCUT2D eigenvalue weighted by Crippen LogP contribution is -2.33. The van der Waals surface area contributed by atoms with Crippen molar-refractivity contribution in [1.82, 2.24) is 19.9 Å². The van der Waals surface area contributed by atoms with E-state index in [0.717, 1.165) is 42.9 Å². The third-order valence-corrected chi connectivity index (χ3v) is 6.75. The van der Waals surface area contributed by atoms with Crippen molar-refractivity contribution in [3.05, 3.63) is 112 Å². The summed E-state index contributed by atoms with van der Waals surface area (Å²) in [5.74, 6) is 1.50. The van der Waals surface area contributed by atoms with Gasteiger partial charge in [0.05, 0.1) is 19.6 Å². The Balaban J connectivity index is 1.43. The van der Waals surface area contributed by atoms with E-state index in [1.54, 1.807) is 13.3 Å². The molecule has 35 heavy (non-hydrogen) atoms. The molecule has 5 aromatic rings. The zero-order valence-electron chi connectivity index (χ0n) is 19.2. The number of hydrogen-bond acceptors (Lipinski definition) is 3. The predicted octanol–water partition coefficient (Wildman–Crippen LogP) is 5.61. The van der Waals surface area contributed by atoms with Gasteiger partial charge >= 0.3 is 0 Å². The lowest BCUT2D eigenvalue weighted by molar-refractivity contribution is -0.121. The van der Waals surface area contributed by atoms with E-state index in [4.69, 9.17) is 4.74 Å². The minimum absolute atomic E-state index is 0.0631. The molecule has 3 aromatic carbocycles. The van der Waals surface area contributed by atoms with Crippen LogP contribution >= 0.6 is 22.6 Å². The molecule has 0 saturated heterocycles. The van der Waals surface area contributed by atoms with E-state index >= 15 is 0 Å². The molecular weight excluding hydrogens is 551 g/mol. The molecule has 0 fully saturated rings. The highest BCUT2D eigenvalue weighted by Gasteiger charge is 2.22. The topological polar surface area (TPSA) is 71.9 Å². The number of H-pyrrole nitrogens is 1. The van der Waals surface area contributed by atoms with E-state index < -0.39 is 0 Å². The number of amides is 1. The molecule has 0 bridgehead atoms. The minimum atomic E-state index is -0.293. The van der Waals surface area contributed by atoms with Crippen LogP contribution in [0, 0.1) is 3.57 Å². The fourth-order valence-electron chi connectivity index (χ4n) is 4.30. The number of nitrogens with zero attached hydrogens (tertiary/aromatic N) is 2. The molecule has 0 saturated carbocycles. The van der Waals surface area contributed by atoms with Crippen molar-refractivity contribution < 1.29 is 9.53 Å². The number of imidazole rings is 1. The number of hydrogen-bond donors (Lipinski definition) is 2. The summed E-state index contributed by atoms with van der Waals surface area (Å²) >= 11 is 2.30. The first kappa shape index (κ1) is 23.2. The van der Waals surface area contributed by atoms with Crippen molar-refractivity contribution in [2.75, 3.05) is 7.11 Å². The number of halogens is 1. The maximum atomic E-state index is 13.3. The molecule has 0 radical (unpaired) electrons. The Kier molecular flexibility index (Phi) is 6.85. The third-order valence-electron chi connectivity index (χ3n) is 6.03. The molecule has 0 aliphatic rings. The summed E-state index contributed by atoms with van der Waals surface area (Å²) in [5.41, 5.74) is 4.04. The maximum absolute atomic E-state index is 13.3. The van der Waals surface area contributed by atoms with Crippen molar-refractivity contribution in [2.24, 2.45) is 0 Å². The summed E-state index contributed by atoms with van der Waals surface area (Å²) < 4.78 is 8.57. The van der Waals surface area contributed by atoms with Gasteiger partial charge in [-0.05, 0) is 82.6 Å². The summed E-state index contributed by atoms with van der Waals surface area (Å²) in [6.07, 6.45) is 6.50. The number of ether oxygens (including phenoxy) is 1. The molecule has 1 unspecified atom stereocenters. The lowest BCUT2D eigenvalue weighted by atomic mass is 10.0. The largest absolute Gasteiger partial charge is 0.497 e. The first-order valence-corrected chi connectivity index (χ1v) is 12.4. The standard InChI is InChI=1S/C28H25IN4O2/c1-35-23-11-12-25-24(17-23)20(18-31-25)16-27(34)32-26(15-19-5-3-2-4-6-19)28-30-13-14-33(28)22-9-7-21(29)8-10-22/h2-14,17-18,26,31H,15-16H2,1H3,(H,32,34). The number of rotatable bonds is 8. The molecule has 0 aliphatic heterocycles. The van der Waals surface area contributed by atoms with Gasteiger partial charge < -0.3 is 19.6 Å². The van der Waals surface area contributed by atoms with Crippen LogP contribution in [0.25, 0.3) is 16.6 Å². The fourth-order valence-corrected chi connectivity index (χ4v) is 4.66. The summed E-state index contributed by atoms with van der Waals surface area (Å²) in [6, 6.07) is 24.0. The number of carbonyl (C=O) groups excluding carboxylic acids is 1. The molecule has 2 aromatic heterocycles. The number of aromatic nitrogens is 3. The van der Waals surface area contributed by atoms with Crippen molar-refractivity contribution in [3.63, 3.8) is 0 Å². The SMILES string of the molecule is COc1ccc2[nH]cc(CC(=O)NC(Cc3ccccc3)c3nccn3-c3ccc(I)cc3)c2c1. The van der Waals surface area contributed by atoms with Gasteiger partial charge in [-0.1, -0.05) is 30.3 Å². The fraction of sp³-hybridized carbons (Fsp3) is 0.143. The molecule has 7 heteroatoms. The van der Waals surface area contributed by atoms with Crippen molar-refractivity contribution in [3.8, 4) is 11.4 Å². The Labute approximate surface area is 217 Å². The average molecular weight is 576 g/mol. The second-order valence-electron chi connectivity index (χ2n) is 8.34. The summed E-state index contributed by atoms with van der Waals surface area (Å²) in [6.45, 7) is 0. The van der Waals surface area contributed by atoms with Crippen molar-refractivity contribution >= 4 is 39.4 Å². The van der Waals surface area contributed by atoms with Gasteiger partial charge in [0.15, 0.2) is 0 Å². The van der Waals surface area contributed by atoms with Crippen LogP contribution in [0.4, 0.5) is 0 Å². The van der Waals surface area contributed by atoms with Crippen molar-refractivity contribution in [1.29, 1.82) is 0 Å². The van der Waals surface area contributed by atoms with Crippen LogP contribution in [-0.4, -0.2) is 27.6 Å². The molecule has 2 heterocycles. The number of methoxy groups -OCH3 is 1. The highest BCUT2D eigenvalue weighted by molar-refractivity contribution is 14.1. The average Bonchev–Trinajstić information content (AvgIpc) is 3.52. The zero-order valence-corrected chi connectivity index (χ0v) is 21.4. The van der Waals surface area contributed by atoms with Gasteiger partial charge in [0.2, 0.25) is 5.91 Å². The second-order valence-corrected chi connectivity index (χ2v) is 9.59. The van der Waals surface area contributed by atoms with E-state index in [2.05, 4.69) is 74.3 Å². The Morgan fingerprint density at radius 3 is 2.69 bits per heavy atom. The number of fused-ring (bicyclic) bond motifs is 1. The highest BCUT2D eigenvalue weighted by Crippen LogP contribution is 2.25. The van der Waals surface area contributed by atoms with Crippen LogP contribution in [0.5, 0.6) is 5.75 Å². The number of aromatic amines is 1. The van der Waals surface area contributed by atoms with Gasteiger partial charge in [-0.15, -0.1) is 0 Å². The van der Waals surface area contributed by atoms with Crippen LogP contribution in [-0.2, 0) is 17.6 Å². The second kappa shape index (κ2) is 10.4. The van der Waals surface area contributed by atoms with E-state index in [-0.39, 0.29) is 18.4 Å². The van der Waals surface area contributed by atoms with E-state index in [9.17, 15) is 4.79 Å². The van der Waals surface area contributed by atoms with E-state index in [0.29, 0.717) is 6.42 Å². The Bertz CT molecular complexity index is 1440. The van der Waals surface area contributed by atoms with Crippen LogP contribution in [0.2, 0.25) is 0 Å². The molecule has 0 aliphatic carbocycles. The van der Waals surface area contributed by atoms with Gasteiger partial charge in [0, 0.05) is 38.8 Å². The maximum Gasteiger partial charge on any atom is 0.225 e. The summed E-state index contributed by atoms with van der Waals surface area (Å²) in [4.78, 5) is 21.2. The quantitative estimate of drug-likeness (QED) is 0.236. The smallest absolute Gasteiger partial charge is 0.225 e. The number of benzene rings is 3. The van der Waals surface area contributed by atoms with Crippen molar-refractivity contribution in [2.45, 2.75) is 18.9 Å². The Morgan fingerprint density at radius 1 is 1.11 bits per heavy atom. The van der Waals surface area contributed by atoms with E-state index in [1.807, 2.05) is 53.4 Å². The molecule has 1 atom stereocenters. The summed E-state index contributed by atoms with van der Waals surface area (Å²) in [5, 5.41) is 4.24. The number of carbonyl (C=O) groups is 1. The molecule has 176 valence electrons. The van der Waals surface area contributed by atoms with Gasteiger partial charge in [0.25, 0.3) is 0 Å². The Hall–Kier alpha value is -3.59. The van der Waals surface area contributed by atoms with Crippen LogP contribution in [0.3, 0.4) is 0 Å². The van der Waals surface area contributed by atoms with Crippen LogP contribution in [0.15, 0.2) is 91.4 Å².